The third-order valence-electron chi connectivity index (χ3n) is 7.06. The number of hydrogen-bond donors (Lipinski definition) is 0. The van der Waals surface area contributed by atoms with Gasteiger partial charge in [0.15, 0.2) is 11.5 Å². The normalized spacial score (nSPS) is 20.7. The molecule has 2 fully saturated rings. The number of carbonyl (C=O) groups is 1. The second kappa shape index (κ2) is 10.3. The summed E-state index contributed by atoms with van der Waals surface area (Å²) >= 11 is 0. The molecule has 1 aliphatic carbocycles. The number of alkyl halides is 2. The maximum atomic E-state index is 13.7. The first-order valence-electron chi connectivity index (χ1n) is 12.8. The van der Waals surface area contributed by atoms with Crippen molar-refractivity contribution in [3.63, 3.8) is 0 Å². The predicted molar refractivity (Wildman–Crippen MR) is 135 cm³/mol. The highest BCUT2D eigenvalue weighted by atomic mass is 19.3. The van der Waals surface area contributed by atoms with Crippen molar-refractivity contribution in [2.75, 3.05) is 13.1 Å². The second-order valence-electron chi connectivity index (χ2n) is 9.87. The first-order valence-corrected chi connectivity index (χ1v) is 12.8. The molecule has 7 heteroatoms. The Morgan fingerprint density at radius 3 is 2.58 bits per heavy atom. The molecule has 3 aliphatic rings. The van der Waals surface area contributed by atoms with Crippen LogP contribution in [0.3, 0.4) is 0 Å². The van der Waals surface area contributed by atoms with Crippen molar-refractivity contribution in [3.8, 4) is 11.5 Å². The van der Waals surface area contributed by atoms with E-state index in [-0.39, 0.29) is 23.0 Å². The minimum atomic E-state index is -3.72. The number of nitrogens with zero attached hydrogens (tertiary/aromatic N) is 2. The molecule has 5 nitrogen and oxygen atoms in total. The van der Waals surface area contributed by atoms with E-state index in [9.17, 15) is 13.6 Å². The maximum Gasteiger partial charge on any atom is 0.586 e. The number of likely N-dealkylation sites (tertiary alicyclic amines) is 1. The van der Waals surface area contributed by atoms with Gasteiger partial charge in [0, 0.05) is 36.6 Å². The van der Waals surface area contributed by atoms with Crippen LogP contribution in [0.5, 0.6) is 11.5 Å². The van der Waals surface area contributed by atoms with Gasteiger partial charge in [-0.05, 0) is 56.4 Å². The number of fused-ring (bicyclic) bond motifs is 1. The van der Waals surface area contributed by atoms with Crippen molar-refractivity contribution in [2.45, 2.75) is 64.2 Å². The lowest BCUT2D eigenvalue weighted by atomic mass is 9.94. The summed E-state index contributed by atoms with van der Waals surface area (Å²) in [6, 6.07) is 14.7. The summed E-state index contributed by atoms with van der Waals surface area (Å²) in [7, 11) is 0. The molecule has 0 bridgehead atoms. The first-order chi connectivity index (χ1) is 17.4. The molecule has 0 unspecified atom stereocenters. The van der Waals surface area contributed by atoms with Gasteiger partial charge in [-0.1, -0.05) is 61.2 Å². The minimum absolute atomic E-state index is 0.0686. The zero-order valence-electron chi connectivity index (χ0n) is 20.6. The molecular formula is C29H32F2N2O3. The van der Waals surface area contributed by atoms with Crippen LogP contribution in [0, 0.1) is 0 Å². The van der Waals surface area contributed by atoms with Gasteiger partial charge in [-0.3, -0.25) is 4.79 Å². The van der Waals surface area contributed by atoms with Gasteiger partial charge in [-0.25, -0.2) is 0 Å². The molecule has 0 atom stereocenters. The van der Waals surface area contributed by atoms with E-state index in [0.29, 0.717) is 12.6 Å². The molecule has 1 saturated heterocycles. The first kappa shape index (κ1) is 24.3. The monoisotopic (exact) mass is 494 g/mol. The minimum Gasteiger partial charge on any atom is -0.395 e. The van der Waals surface area contributed by atoms with Gasteiger partial charge in [0.2, 0.25) is 0 Å². The largest absolute Gasteiger partial charge is 0.586 e. The maximum absolute atomic E-state index is 13.7. The molecule has 1 amide bonds. The predicted octanol–water partition coefficient (Wildman–Crippen LogP) is 6.82. The number of carbonyl (C=O) groups excluding carboxylic acids is 1. The topological polar surface area (TPSA) is 42.0 Å². The Labute approximate surface area is 211 Å². The van der Waals surface area contributed by atoms with Gasteiger partial charge >= 0.3 is 6.29 Å². The number of amides is 1. The van der Waals surface area contributed by atoms with Crippen molar-refractivity contribution in [1.82, 2.24) is 9.80 Å². The number of ether oxygens (including phenoxy) is 2. The van der Waals surface area contributed by atoms with E-state index in [2.05, 4.69) is 20.4 Å². The SMILES string of the molecule is C/C(=C\c1ccccc1)CN(/C=C1/CCCN1C1CCCCC1)C(=O)c1ccc2c(c1)OC(F)(F)O2. The average Bonchev–Trinajstić information content (AvgIpc) is 3.46. The number of benzene rings is 2. The quantitative estimate of drug-likeness (QED) is 0.442. The fourth-order valence-electron chi connectivity index (χ4n) is 5.42. The Morgan fingerprint density at radius 2 is 1.81 bits per heavy atom. The number of hydrogen-bond acceptors (Lipinski definition) is 4. The Morgan fingerprint density at radius 1 is 1.06 bits per heavy atom. The average molecular weight is 495 g/mol. The fraction of sp³-hybridized carbons (Fsp3) is 0.414. The van der Waals surface area contributed by atoms with Crippen LogP contribution in [0.25, 0.3) is 6.08 Å². The summed E-state index contributed by atoms with van der Waals surface area (Å²) in [5.41, 5.74) is 3.53. The Bertz CT molecular complexity index is 1160. The summed E-state index contributed by atoms with van der Waals surface area (Å²) in [5.74, 6) is -0.457. The molecule has 2 heterocycles. The highest BCUT2D eigenvalue weighted by Gasteiger charge is 2.43. The van der Waals surface area contributed by atoms with Crippen LogP contribution in [0.1, 0.15) is 67.8 Å². The van der Waals surface area contributed by atoms with Gasteiger partial charge in [0.1, 0.15) is 0 Å². The number of allylic oxidation sites excluding steroid dienone is 1. The highest BCUT2D eigenvalue weighted by Crippen LogP contribution is 2.41. The van der Waals surface area contributed by atoms with Crippen LogP contribution >= 0.6 is 0 Å². The van der Waals surface area contributed by atoms with Gasteiger partial charge in [-0.15, -0.1) is 8.78 Å². The number of halogens is 2. The summed E-state index contributed by atoms with van der Waals surface area (Å²) in [5, 5.41) is 0. The molecule has 0 N–H and O–H groups in total. The third-order valence-corrected chi connectivity index (χ3v) is 7.06. The van der Waals surface area contributed by atoms with Gasteiger partial charge in [0.25, 0.3) is 5.91 Å². The van der Waals surface area contributed by atoms with Crippen LogP contribution in [-0.4, -0.2) is 41.1 Å². The van der Waals surface area contributed by atoms with Crippen LogP contribution in [0.4, 0.5) is 8.78 Å². The molecule has 2 aliphatic heterocycles. The zero-order valence-corrected chi connectivity index (χ0v) is 20.6. The summed E-state index contributed by atoms with van der Waals surface area (Å²) in [6.07, 6.45) is 8.49. The zero-order chi connectivity index (χ0) is 25.1. The van der Waals surface area contributed by atoms with E-state index >= 15 is 0 Å². The highest BCUT2D eigenvalue weighted by molar-refractivity contribution is 5.96. The van der Waals surface area contributed by atoms with Gasteiger partial charge in [0.05, 0.1) is 0 Å². The summed E-state index contributed by atoms with van der Waals surface area (Å²) < 4.78 is 36.2. The van der Waals surface area contributed by atoms with Crippen molar-refractivity contribution >= 4 is 12.0 Å². The molecule has 0 aromatic heterocycles. The summed E-state index contributed by atoms with van der Waals surface area (Å²) in [6.45, 7) is 3.40. The van der Waals surface area contributed by atoms with E-state index in [1.807, 2.05) is 43.5 Å². The Kier molecular flexibility index (Phi) is 6.99. The Hall–Kier alpha value is -3.35. The number of rotatable bonds is 6. The summed E-state index contributed by atoms with van der Waals surface area (Å²) in [4.78, 5) is 17.9. The molecule has 190 valence electrons. The lowest BCUT2D eigenvalue weighted by Gasteiger charge is -2.34. The van der Waals surface area contributed by atoms with E-state index in [1.54, 1.807) is 4.90 Å². The lowest BCUT2D eigenvalue weighted by molar-refractivity contribution is -0.286. The molecule has 2 aromatic carbocycles. The Balaban J connectivity index is 1.43. The van der Waals surface area contributed by atoms with Crippen molar-refractivity contribution < 1.29 is 23.0 Å². The molecular weight excluding hydrogens is 462 g/mol. The van der Waals surface area contributed by atoms with Crippen LogP contribution in [0.15, 0.2) is 66.0 Å². The molecule has 2 aromatic rings. The molecule has 0 spiro atoms. The van der Waals surface area contributed by atoms with E-state index in [4.69, 9.17) is 0 Å². The van der Waals surface area contributed by atoms with E-state index in [1.165, 1.54) is 56.0 Å². The van der Waals surface area contributed by atoms with Crippen LogP contribution in [0.2, 0.25) is 0 Å². The molecule has 36 heavy (non-hydrogen) atoms. The molecule has 1 saturated carbocycles. The van der Waals surface area contributed by atoms with Gasteiger partial charge < -0.3 is 19.3 Å². The van der Waals surface area contributed by atoms with Crippen molar-refractivity contribution in [3.05, 3.63) is 77.1 Å². The third kappa shape index (κ3) is 5.55. The standard InChI is InChI=1S/C29H32F2N2O3/c1-21(17-22-9-4-2-5-10-22)19-32(20-25-13-8-16-33(25)24-11-6-3-7-12-24)28(34)23-14-15-26-27(18-23)36-29(30,31)35-26/h2,4-5,9-10,14-15,17-18,20,24H,3,6-8,11-13,16,19H2,1H3/b21-17+,25-20-. The molecule has 5 rings (SSSR count). The van der Waals surface area contributed by atoms with E-state index < -0.39 is 6.29 Å². The fourth-order valence-corrected chi connectivity index (χ4v) is 5.42. The smallest absolute Gasteiger partial charge is 0.395 e. The van der Waals surface area contributed by atoms with Crippen molar-refractivity contribution in [2.24, 2.45) is 0 Å². The lowest BCUT2D eigenvalue weighted by Crippen LogP contribution is -2.35. The van der Waals surface area contributed by atoms with Crippen LogP contribution < -0.4 is 9.47 Å². The van der Waals surface area contributed by atoms with Crippen molar-refractivity contribution in [1.29, 1.82) is 0 Å². The van der Waals surface area contributed by atoms with Crippen LogP contribution in [-0.2, 0) is 0 Å². The van der Waals surface area contributed by atoms with E-state index in [0.717, 1.165) is 30.5 Å². The molecule has 0 radical (unpaired) electrons. The van der Waals surface area contributed by atoms with Gasteiger partial charge in [-0.2, -0.15) is 0 Å². The second-order valence-corrected chi connectivity index (χ2v) is 9.87.